The first-order chi connectivity index (χ1) is 8.79. The van der Waals surface area contributed by atoms with Gasteiger partial charge in [0.1, 0.15) is 0 Å². The van der Waals surface area contributed by atoms with Crippen molar-refractivity contribution in [1.29, 1.82) is 0 Å². The number of rotatable bonds is 4. The topological polar surface area (TPSA) is 52.6 Å². The van der Waals surface area contributed by atoms with Crippen molar-refractivity contribution < 1.29 is 9.90 Å². The van der Waals surface area contributed by atoms with Crippen molar-refractivity contribution in [2.75, 3.05) is 19.7 Å². The Bertz CT molecular complexity index is 263. The minimum atomic E-state index is 0.141. The van der Waals surface area contributed by atoms with Gasteiger partial charge in [0.15, 0.2) is 0 Å². The van der Waals surface area contributed by atoms with Crippen LogP contribution in [-0.2, 0) is 4.79 Å². The van der Waals surface area contributed by atoms with E-state index in [1.807, 2.05) is 0 Å². The van der Waals surface area contributed by atoms with Gasteiger partial charge in [-0.05, 0) is 32.2 Å². The zero-order chi connectivity index (χ0) is 12.8. The van der Waals surface area contributed by atoms with Crippen molar-refractivity contribution in [2.45, 2.75) is 63.5 Å². The van der Waals surface area contributed by atoms with Crippen molar-refractivity contribution in [3.63, 3.8) is 0 Å². The van der Waals surface area contributed by atoms with Crippen LogP contribution in [0.1, 0.15) is 51.4 Å². The van der Waals surface area contributed by atoms with Crippen LogP contribution in [0.4, 0.5) is 0 Å². The van der Waals surface area contributed by atoms with E-state index in [1.165, 1.54) is 25.7 Å². The van der Waals surface area contributed by atoms with E-state index in [1.54, 1.807) is 0 Å². The number of amides is 1. The summed E-state index contributed by atoms with van der Waals surface area (Å²) in [5, 5.41) is 12.4. The van der Waals surface area contributed by atoms with Crippen molar-refractivity contribution in [2.24, 2.45) is 0 Å². The van der Waals surface area contributed by atoms with Crippen LogP contribution in [0, 0.1) is 0 Å². The summed E-state index contributed by atoms with van der Waals surface area (Å²) in [4.78, 5) is 14.1. The first kappa shape index (κ1) is 13.8. The van der Waals surface area contributed by atoms with Gasteiger partial charge in [-0.3, -0.25) is 9.69 Å². The molecule has 2 rings (SSSR count). The molecule has 0 aromatic carbocycles. The standard InChI is InChI=1S/C14H26N2O2/c17-11-13-8-5-9-16(13)10-14(18)15-12-6-3-1-2-4-7-12/h12-13,17H,1-11H2,(H,15,18). The number of aliphatic hydroxyl groups excluding tert-OH is 1. The molecule has 2 N–H and O–H groups in total. The third-order valence-corrected chi connectivity index (χ3v) is 4.28. The molecule has 1 saturated carbocycles. The quantitative estimate of drug-likeness (QED) is 0.743. The Hall–Kier alpha value is -0.610. The van der Waals surface area contributed by atoms with Gasteiger partial charge in [-0.25, -0.2) is 0 Å². The molecule has 1 saturated heterocycles. The van der Waals surface area contributed by atoms with Gasteiger partial charge in [-0.15, -0.1) is 0 Å². The summed E-state index contributed by atoms with van der Waals surface area (Å²) in [7, 11) is 0. The number of hydrogen-bond acceptors (Lipinski definition) is 3. The highest BCUT2D eigenvalue weighted by atomic mass is 16.3. The number of hydrogen-bond donors (Lipinski definition) is 2. The molecule has 0 aromatic rings. The fraction of sp³-hybridized carbons (Fsp3) is 0.929. The van der Waals surface area contributed by atoms with E-state index in [2.05, 4.69) is 10.2 Å². The molecule has 1 aliphatic heterocycles. The molecule has 1 unspecified atom stereocenters. The molecule has 0 bridgehead atoms. The van der Waals surface area contributed by atoms with Crippen LogP contribution in [0.15, 0.2) is 0 Å². The maximum Gasteiger partial charge on any atom is 0.234 e. The molecule has 4 heteroatoms. The number of nitrogens with one attached hydrogen (secondary N) is 1. The Labute approximate surface area is 110 Å². The van der Waals surface area contributed by atoms with E-state index >= 15 is 0 Å². The molecule has 18 heavy (non-hydrogen) atoms. The first-order valence-electron chi connectivity index (χ1n) is 7.44. The fourth-order valence-corrected chi connectivity index (χ4v) is 3.19. The first-order valence-corrected chi connectivity index (χ1v) is 7.44. The molecule has 0 radical (unpaired) electrons. The summed E-state index contributed by atoms with van der Waals surface area (Å²) in [6.07, 6.45) is 9.50. The molecule has 1 heterocycles. The maximum absolute atomic E-state index is 12.0. The monoisotopic (exact) mass is 254 g/mol. The Kier molecular flexibility index (Phi) is 5.45. The lowest BCUT2D eigenvalue weighted by atomic mass is 10.1. The number of carbonyl (C=O) groups is 1. The lowest BCUT2D eigenvalue weighted by Crippen LogP contribution is -2.44. The summed E-state index contributed by atoms with van der Waals surface area (Å²) in [5.41, 5.74) is 0. The second-order valence-corrected chi connectivity index (χ2v) is 5.71. The lowest BCUT2D eigenvalue weighted by Gasteiger charge is -2.23. The predicted octanol–water partition coefficient (Wildman–Crippen LogP) is 1.28. The molecule has 2 aliphatic rings. The fourth-order valence-electron chi connectivity index (χ4n) is 3.19. The summed E-state index contributed by atoms with van der Waals surface area (Å²) < 4.78 is 0. The Balaban J connectivity index is 1.73. The largest absolute Gasteiger partial charge is 0.395 e. The molecule has 104 valence electrons. The average molecular weight is 254 g/mol. The summed E-state index contributed by atoms with van der Waals surface area (Å²) >= 11 is 0. The molecule has 0 spiro atoms. The van der Waals surface area contributed by atoms with Gasteiger partial charge in [0.05, 0.1) is 13.2 Å². The van der Waals surface area contributed by atoms with Gasteiger partial charge in [0, 0.05) is 12.1 Å². The lowest BCUT2D eigenvalue weighted by molar-refractivity contribution is -0.123. The maximum atomic E-state index is 12.0. The van der Waals surface area contributed by atoms with Gasteiger partial charge in [0.2, 0.25) is 5.91 Å². The van der Waals surface area contributed by atoms with Crippen molar-refractivity contribution in [1.82, 2.24) is 10.2 Å². The minimum Gasteiger partial charge on any atom is -0.395 e. The predicted molar refractivity (Wildman–Crippen MR) is 71.3 cm³/mol. The number of aliphatic hydroxyl groups is 1. The van der Waals surface area contributed by atoms with Gasteiger partial charge < -0.3 is 10.4 Å². The van der Waals surface area contributed by atoms with E-state index in [0.717, 1.165) is 32.2 Å². The van der Waals surface area contributed by atoms with Gasteiger partial charge >= 0.3 is 0 Å². The smallest absolute Gasteiger partial charge is 0.234 e. The van der Waals surface area contributed by atoms with Crippen LogP contribution in [-0.4, -0.2) is 47.7 Å². The second-order valence-electron chi connectivity index (χ2n) is 5.71. The number of carbonyl (C=O) groups excluding carboxylic acids is 1. The zero-order valence-electron chi connectivity index (χ0n) is 11.2. The SMILES string of the molecule is O=C(CN1CCCC1CO)NC1CCCCCC1. The van der Waals surface area contributed by atoms with E-state index in [0.29, 0.717) is 12.6 Å². The van der Waals surface area contributed by atoms with E-state index in [4.69, 9.17) is 0 Å². The number of likely N-dealkylation sites (tertiary alicyclic amines) is 1. The normalized spacial score (nSPS) is 27.1. The third-order valence-electron chi connectivity index (χ3n) is 4.28. The van der Waals surface area contributed by atoms with Crippen LogP contribution < -0.4 is 5.32 Å². The molecule has 2 fully saturated rings. The van der Waals surface area contributed by atoms with Crippen molar-refractivity contribution in [3.8, 4) is 0 Å². The van der Waals surface area contributed by atoms with Crippen LogP contribution >= 0.6 is 0 Å². The highest BCUT2D eigenvalue weighted by Gasteiger charge is 2.26. The van der Waals surface area contributed by atoms with Crippen molar-refractivity contribution in [3.05, 3.63) is 0 Å². The van der Waals surface area contributed by atoms with E-state index in [9.17, 15) is 9.90 Å². The van der Waals surface area contributed by atoms with E-state index in [-0.39, 0.29) is 18.6 Å². The second kappa shape index (κ2) is 7.10. The van der Waals surface area contributed by atoms with Gasteiger partial charge in [-0.1, -0.05) is 25.7 Å². The highest BCUT2D eigenvalue weighted by molar-refractivity contribution is 5.78. The van der Waals surface area contributed by atoms with Crippen LogP contribution in [0.5, 0.6) is 0 Å². The van der Waals surface area contributed by atoms with E-state index < -0.39 is 0 Å². The molecule has 1 atom stereocenters. The molecular weight excluding hydrogens is 228 g/mol. The Morgan fingerprint density at radius 1 is 1.11 bits per heavy atom. The third kappa shape index (κ3) is 3.95. The zero-order valence-corrected chi connectivity index (χ0v) is 11.2. The van der Waals surface area contributed by atoms with Crippen LogP contribution in [0.3, 0.4) is 0 Å². The highest BCUT2D eigenvalue weighted by Crippen LogP contribution is 2.18. The van der Waals surface area contributed by atoms with Gasteiger partial charge in [0.25, 0.3) is 0 Å². The summed E-state index contributed by atoms with van der Waals surface area (Å²) in [6.45, 7) is 1.59. The van der Waals surface area contributed by atoms with Crippen LogP contribution in [0.2, 0.25) is 0 Å². The Morgan fingerprint density at radius 2 is 1.83 bits per heavy atom. The van der Waals surface area contributed by atoms with Crippen LogP contribution in [0.25, 0.3) is 0 Å². The minimum absolute atomic E-state index is 0.141. The number of nitrogens with zero attached hydrogens (tertiary/aromatic N) is 1. The molecule has 4 nitrogen and oxygen atoms in total. The van der Waals surface area contributed by atoms with Gasteiger partial charge in [-0.2, -0.15) is 0 Å². The summed E-state index contributed by atoms with van der Waals surface area (Å²) in [6, 6.07) is 0.583. The Morgan fingerprint density at radius 3 is 2.50 bits per heavy atom. The summed E-state index contributed by atoms with van der Waals surface area (Å²) in [5.74, 6) is 0.141. The molecule has 0 aromatic heterocycles. The molecular formula is C14H26N2O2. The van der Waals surface area contributed by atoms with Crippen molar-refractivity contribution >= 4 is 5.91 Å². The molecule has 1 aliphatic carbocycles. The average Bonchev–Trinajstić information content (AvgIpc) is 2.64. The molecule has 1 amide bonds.